The van der Waals surface area contributed by atoms with Crippen LogP contribution >= 0.6 is 0 Å². The Balaban J connectivity index is 1.84. The van der Waals surface area contributed by atoms with Crippen LogP contribution in [0.15, 0.2) is 18.3 Å². The molecule has 1 fully saturated rings. The number of likely N-dealkylation sites (tertiary alicyclic amines) is 1. The van der Waals surface area contributed by atoms with Crippen LogP contribution in [0.5, 0.6) is 0 Å². The van der Waals surface area contributed by atoms with E-state index in [2.05, 4.69) is 55.0 Å². The van der Waals surface area contributed by atoms with E-state index in [1.54, 1.807) is 0 Å². The normalized spacial score (nSPS) is 24.2. The standard InChI is InChI=1S/C17H29N3/c1-13(2)18-9-16-5-6-17(19-10-16)12-20-8-7-14(3)15(4)11-20/h5-6,10,13-15,18H,7-9,11-12H2,1-4H3. The van der Waals surface area contributed by atoms with Gasteiger partial charge in [-0.15, -0.1) is 0 Å². The molecule has 2 rings (SSSR count). The maximum atomic E-state index is 4.61. The Kier molecular flexibility index (Phi) is 5.55. The molecule has 2 atom stereocenters. The number of rotatable bonds is 5. The summed E-state index contributed by atoms with van der Waals surface area (Å²) in [5, 5.41) is 3.42. The van der Waals surface area contributed by atoms with Gasteiger partial charge in [0.25, 0.3) is 0 Å². The second-order valence-corrected chi connectivity index (χ2v) is 6.67. The van der Waals surface area contributed by atoms with E-state index in [1.165, 1.54) is 30.8 Å². The van der Waals surface area contributed by atoms with Crippen LogP contribution in [0, 0.1) is 11.8 Å². The van der Waals surface area contributed by atoms with E-state index in [4.69, 9.17) is 0 Å². The fraction of sp³-hybridized carbons (Fsp3) is 0.706. The molecule has 0 spiro atoms. The molecule has 0 radical (unpaired) electrons. The van der Waals surface area contributed by atoms with Crippen LogP contribution < -0.4 is 5.32 Å². The summed E-state index contributed by atoms with van der Waals surface area (Å²) >= 11 is 0. The molecule has 0 saturated carbocycles. The van der Waals surface area contributed by atoms with Crippen LogP contribution in [0.1, 0.15) is 45.4 Å². The molecule has 1 aromatic rings. The maximum absolute atomic E-state index is 4.61. The molecule has 0 bridgehead atoms. The van der Waals surface area contributed by atoms with Crippen molar-refractivity contribution in [2.45, 2.75) is 53.2 Å². The van der Waals surface area contributed by atoms with Gasteiger partial charge >= 0.3 is 0 Å². The Morgan fingerprint density at radius 3 is 2.70 bits per heavy atom. The van der Waals surface area contributed by atoms with Crippen LogP contribution in [0.4, 0.5) is 0 Å². The number of nitrogens with one attached hydrogen (secondary N) is 1. The van der Waals surface area contributed by atoms with Crippen molar-refractivity contribution in [1.82, 2.24) is 15.2 Å². The molecule has 1 aromatic heterocycles. The first-order valence-electron chi connectivity index (χ1n) is 7.94. The summed E-state index contributed by atoms with van der Waals surface area (Å²) in [6, 6.07) is 4.90. The Morgan fingerprint density at radius 1 is 1.30 bits per heavy atom. The summed E-state index contributed by atoms with van der Waals surface area (Å²) in [4.78, 5) is 7.15. The number of piperidine rings is 1. The van der Waals surface area contributed by atoms with Crippen molar-refractivity contribution >= 4 is 0 Å². The van der Waals surface area contributed by atoms with Gasteiger partial charge in [-0.3, -0.25) is 9.88 Å². The number of hydrogen-bond acceptors (Lipinski definition) is 3. The van der Waals surface area contributed by atoms with Crippen molar-refractivity contribution in [3.63, 3.8) is 0 Å². The Bertz CT molecular complexity index is 399. The summed E-state index contributed by atoms with van der Waals surface area (Å²) in [7, 11) is 0. The molecule has 0 amide bonds. The molecular formula is C17H29N3. The lowest BCUT2D eigenvalue weighted by molar-refractivity contribution is 0.131. The van der Waals surface area contributed by atoms with Crippen molar-refractivity contribution in [2.24, 2.45) is 11.8 Å². The van der Waals surface area contributed by atoms with E-state index in [1.807, 2.05) is 6.20 Å². The number of nitrogens with zero attached hydrogens (tertiary/aromatic N) is 2. The predicted molar refractivity (Wildman–Crippen MR) is 84.4 cm³/mol. The van der Waals surface area contributed by atoms with Gasteiger partial charge in [-0.2, -0.15) is 0 Å². The zero-order valence-electron chi connectivity index (χ0n) is 13.4. The van der Waals surface area contributed by atoms with Gasteiger partial charge in [-0.25, -0.2) is 0 Å². The van der Waals surface area contributed by atoms with Crippen LogP contribution in [0.2, 0.25) is 0 Å². The van der Waals surface area contributed by atoms with Gasteiger partial charge < -0.3 is 5.32 Å². The third kappa shape index (κ3) is 4.57. The molecule has 1 aliphatic heterocycles. The number of hydrogen-bond donors (Lipinski definition) is 1. The largest absolute Gasteiger partial charge is 0.310 e. The van der Waals surface area contributed by atoms with Crippen LogP contribution in [-0.4, -0.2) is 29.0 Å². The molecule has 20 heavy (non-hydrogen) atoms. The highest BCUT2D eigenvalue weighted by molar-refractivity contribution is 5.14. The van der Waals surface area contributed by atoms with Crippen LogP contribution in [0.3, 0.4) is 0 Å². The van der Waals surface area contributed by atoms with Gasteiger partial charge in [-0.05, 0) is 36.4 Å². The van der Waals surface area contributed by atoms with Gasteiger partial charge in [0.15, 0.2) is 0 Å². The highest BCUT2D eigenvalue weighted by Crippen LogP contribution is 2.23. The first-order chi connectivity index (χ1) is 9.54. The minimum Gasteiger partial charge on any atom is -0.310 e. The average Bonchev–Trinajstić information content (AvgIpc) is 2.42. The van der Waals surface area contributed by atoms with E-state index in [-0.39, 0.29) is 0 Å². The monoisotopic (exact) mass is 275 g/mol. The molecule has 1 N–H and O–H groups in total. The van der Waals surface area contributed by atoms with Crippen molar-refractivity contribution in [2.75, 3.05) is 13.1 Å². The van der Waals surface area contributed by atoms with Gasteiger partial charge in [-0.1, -0.05) is 33.8 Å². The van der Waals surface area contributed by atoms with Gasteiger partial charge in [0.05, 0.1) is 5.69 Å². The zero-order valence-corrected chi connectivity index (χ0v) is 13.4. The highest BCUT2D eigenvalue weighted by atomic mass is 15.1. The van der Waals surface area contributed by atoms with Crippen LogP contribution in [0.25, 0.3) is 0 Å². The molecule has 2 heterocycles. The third-order valence-electron chi connectivity index (χ3n) is 4.40. The van der Waals surface area contributed by atoms with Gasteiger partial charge in [0, 0.05) is 31.9 Å². The summed E-state index contributed by atoms with van der Waals surface area (Å²) in [6.45, 7) is 13.4. The fourth-order valence-corrected chi connectivity index (χ4v) is 2.70. The van der Waals surface area contributed by atoms with Crippen molar-refractivity contribution < 1.29 is 0 Å². The maximum Gasteiger partial charge on any atom is 0.0544 e. The summed E-state index contributed by atoms with van der Waals surface area (Å²) in [6.07, 6.45) is 3.33. The second-order valence-electron chi connectivity index (χ2n) is 6.67. The molecule has 1 saturated heterocycles. The highest BCUT2D eigenvalue weighted by Gasteiger charge is 2.22. The minimum atomic E-state index is 0.520. The third-order valence-corrected chi connectivity index (χ3v) is 4.40. The minimum absolute atomic E-state index is 0.520. The van der Waals surface area contributed by atoms with Gasteiger partial charge in [0.2, 0.25) is 0 Å². The predicted octanol–water partition coefficient (Wildman–Crippen LogP) is 3.06. The molecule has 0 aliphatic carbocycles. The lowest BCUT2D eigenvalue weighted by Gasteiger charge is -2.35. The van der Waals surface area contributed by atoms with E-state index >= 15 is 0 Å². The average molecular weight is 275 g/mol. The molecule has 3 nitrogen and oxygen atoms in total. The molecular weight excluding hydrogens is 246 g/mol. The van der Waals surface area contributed by atoms with E-state index in [9.17, 15) is 0 Å². The first-order valence-corrected chi connectivity index (χ1v) is 7.94. The van der Waals surface area contributed by atoms with Crippen molar-refractivity contribution in [1.29, 1.82) is 0 Å². The number of aromatic nitrogens is 1. The van der Waals surface area contributed by atoms with E-state index in [0.29, 0.717) is 6.04 Å². The fourth-order valence-electron chi connectivity index (χ4n) is 2.70. The second kappa shape index (κ2) is 7.19. The first kappa shape index (κ1) is 15.5. The van der Waals surface area contributed by atoms with Crippen molar-refractivity contribution in [3.05, 3.63) is 29.6 Å². The summed E-state index contributed by atoms with van der Waals surface area (Å²) in [5.41, 5.74) is 2.46. The lowest BCUT2D eigenvalue weighted by Crippen LogP contribution is -2.38. The topological polar surface area (TPSA) is 28.2 Å². The Labute approximate surface area is 123 Å². The van der Waals surface area contributed by atoms with E-state index in [0.717, 1.165) is 24.9 Å². The Hall–Kier alpha value is -0.930. The zero-order chi connectivity index (χ0) is 14.5. The van der Waals surface area contributed by atoms with Crippen LogP contribution in [-0.2, 0) is 13.1 Å². The van der Waals surface area contributed by atoms with Crippen molar-refractivity contribution in [3.8, 4) is 0 Å². The van der Waals surface area contributed by atoms with E-state index < -0.39 is 0 Å². The molecule has 2 unspecified atom stereocenters. The molecule has 1 aliphatic rings. The van der Waals surface area contributed by atoms with Gasteiger partial charge in [0.1, 0.15) is 0 Å². The molecule has 112 valence electrons. The lowest BCUT2D eigenvalue weighted by atomic mass is 9.88. The molecule has 3 heteroatoms. The smallest absolute Gasteiger partial charge is 0.0544 e. The number of pyridine rings is 1. The quantitative estimate of drug-likeness (QED) is 0.895. The summed E-state index contributed by atoms with van der Waals surface area (Å²) < 4.78 is 0. The Morgan fingerprint density at radius 2 is 2.10 bits per heavy atom. The SMILES string of the molecule is CC(C)NCc1ccc(CN2CCC(C)C(C)C2)nc1. The molecule has 0 aromatic carbocycles. The summed E-state index contributed by atoms with van der Waals surface area (Å²) in [5.74, 6) is 1.67.